The molecule has 0 amide bonds. The van der Waals surface area contributed by atoms with Crippen LogP contribution in [0.4, 0.5) is 0 Å². The number of ketones is 1. The fourth-order valence-corrected chi connectivity index (χ4v) is 2.69. The number of aryl methyl sites for hydroxylation is 1. The second kappa shape index (κ2) is 5.46. The monoisotopic (exact) mass is 231 g/mol. The van der Waals surface area contributed by atoms with Crippen molar-refractivity contribution in [2.75, 3.05) is 13.1 Å². The topological polar surface area (TPSA) is 20.3 Å². The maximum atomic E-state index is 12.5. The minimum atomic E-state index is 0.0820. The van der Waals surface area contributed by atoms with Crippen molar-refractivity contribution in [2.24, 2.45) is 0 Å². The Morgan fingerprint density at radius 1 is 1.29 bits per heavy atom. The molecule has 1 aliphatic heterocycles. The Kier molecular flexibility index (Phi) is 3.95. The summed E-state index contributed by atoms with van der Waals surface area (Å²) in [6, 6.07) is 8.00. The third-order valence-electron chi connectivity index (χ3n) is 3.68. The molecule has 1 aromatic carbocycles. The summed E-state index contributed by atoms with van der Waals surface area (Å²) in [6.07, 6.45) is 3.38. The van der Waals surface area contributed by atoms with Gasteiger partial charge in [-0.15, -0.1) is 0 Å². The summed E-state index contributed by atoms with van der Waals surface area (Å²) in [7, 11) is 0. The number of rotatable bonds is 4. The molecule has 1 heterocycles. The highest BCUT2D eigenvalue weighted by Gasteiger charge is 2.27. The molecule has 0 saturated carbocycles. The van der Waals surface area contributed by atoms with Crippen LogP contribution in [0.5, 0.6) is 0 Å². The molecular formula is C15H21NO. The lowest BCUT2D eigenvalue weighted by Gasteiger charge is -2.25. The van der Waals surface area contributed by atoms with Crippen LogP contribution in [0, 0.1) is 6.92 Å². The van der Waals surface area contributed by atoms with Crippen LogP contribution in [0.3, 0.4) is 0 Å². The van der Waals surface area contributed by atoms with Crippen molar-refractivity contribution in [1.29, 1.82) is 0 Å². The Morgan fingerprint density at radius 3 is 2.53 bits per heavy atom. The number of hydrogen-bond acceptors (Lipinski definition) is 2. The molecule has 1 unspecified atom stereocenters. The summed E-state index contributed by atoms with van der Waals surface area (Å²) in [4.78, 5) is 14.9. The lowest BCUT2D eigenvalue weighted by Crippen LogP contribution is -2.39. The predicted molar refractivity (Wildman–Crippen MR) is 70.4 cm³/mol. The molecule has 1 aromatic rings. The van der Waals surface area contributed by atoms with Gasteiger partial charge in [-0.3, -0.25) is 9.69 Å². The van der Waals surface area contributed by atoms with Crippen molar-refractivity contribution in [1.82, 2.24) is 4.90 Å². The summed E-state index contributed by atoms with van der Waals surface area (Å²) >= 11 is 0. The molecule has 1 fully saturated rings. The molecule has 0 radical (unpaired) electrons. The lowest BCUT2D eigenvalue weighted by atomic mass is 9.97. The van der Waals surface area contributed by atoms with Crippen LogP contribution < -0.4 is 0 Å². The van der Waals surface area contributed by atoms with Gasteiger partial charge in [0, 0.05) is 5.56 Å². The molecule has 0 aliphatic carbocycles. The normalized spacial score (nSPS) is 18.2. The summed E-state index contributed by atoms with van der Waals surface area (Å²) < 4.78 is 0. The summed E-state index contributed by atoms with van der Waals surface area (Å²) in [6.45, 7) is 6.29. The number of likely N-dealkylation sites (tertiary alicyclic amines) is 1. The van der Waals surface area contributed by atoms with E-state index in [-0.39, 0.29) is 6.04 Å². The minimum Gasteiger partial charge on any atom is -0.293 e. The molecule has 1 aliphatic rings. The van der Waals surface area contributed by atoms with Crippen LogP contribution >= 0.6 is 0 Å². The standard InChI is InChI=1S/C15H21NO/c1-3-14(16-10-6-7-11-16)15(17)13-9-5-4-8-12(13)2/h4-5,8-9,14H,3,6-7,10-11H2,1-2H3. The van der Waals surface area contributed by atoms with E-state index in [4.69, 9.17) is 0 Å². The van der Waals surface area contributed by atoms with Gasteiger partial charge in [-0.05, 0) is 44.8 Å². The fraction of sp³-hybridized carbons (Fsp3) is 0.533. The van der Waals surface area contributed by atoms with E-state index in [9.17, 15) is 4.79 Å². The largest absolute Gasteiger partial charge is 0.293 e. The van der Waals surface area contributed by atoms with Gasteiger partial charge in [0.05, 0.1) is 6.04 Å². The maximum absolute atomic E-state index is 12.5. The first kappa shape index (κ1) is 12.3. The number of carbonyl (C=O) groups is 1. The van der Waals surface area contributed by atoms with Gasteiger partial charge in [-0.1, -0.05) is 31.2 Å². The van der Waals surface area contributed by atoms with Crippen molar-refractivity contribution in [3.05, 3.63) is 35.4 Å². The molecule has 2 nitrogen and oxygen atoms in total. The van der Waals surface area contributed by atoms with Crippen molar-refractivity contribution < 1.29 is 4.79 Å². The SMILES string of the molecule is CCC(C(=O)c1ccccc1C)N1CCCC1. The van der Waals surface area contributed by atoms with Gasteiger partial charge in [0.2, 0.25) is 0 Å². The molecule has 1 atom stereocenters. The van der Waals surface area contributed by atoms with Crippen molar-refractivity contribution >= 4 is 5.78 Å². The number of benzene rings is 1. The van der Waals surface area contributed by atoms with Crippen LogP contribution in [0.15, 0.2) is 24.3 Å². The number of nitrogens with zero attached hydrogens (tertiary/aromatic N) is 1. The van der Waals surface area contributed by atoms with Crippen molar-refractivity contribution in [3.63, 3.8) is 0 Å². The van der Waals surface area contributed by atoms with E-state index in [1.54, 1.807) is 0 Å². The highest BCUT2D eigenvalue weighted by Crippen LogP contribution is 2.19. The minimum absolute atomic E-state index is 0.0820. The Balaban J connectivity index is 2.20. The third kappa shape index (κ3) is 2.58. The molecule has 0 aromatic heterocycles. The van der Waals surface area contributed by atoms with Crippen LogP contribution in [0.2, 0.25) is 0 Å². The molecule has 1 saturated heterocycles. The van der Waals surface area contributed by atoms with E-state index in [0.717, 1.165) is 30.6 Å². The summed E-state index contributed by atoms with van der Waals surface area (Å²) in [5.74, 6) is 0.299. The first-order chi connectivity index (χ1) is 8.24. The first-order valence-corrected chi connectivity index (χ1v) is 6.58. The van der Waals surface area contributed by atoms with Gasteiger partial charge >= 0.3 is 0 Å². The Morgan fingerprint density at radius 2 is 1.94 bits per heavy atom. The second-order valence-corrected chi connectivity index (χ2v) is 4.85. The average Bonchev–Trinajstić information content (AvgIpc) is 2.84. The number of Topliss-reactive ketones (excluding diaryl/α,β-unsaturated/α-hetero) is 1. The second-order valence-electron chi connectivity index (χ2n) is 4.85. The zero-order chi connectivity index (χ0) is 12.3. The van der Waals surface area contributed by atoms with Crippen LogP contribution in [0.1, 0.15) is 42.1 Å². The van der Waals surface area contributed by atoms with Crippen molar-refractivity contribution in [3.8, 4) is 0 Å². The smallest absolute Gasteiger partial charge is 0.180 e. The van der Waals surface area contributed by atoms with E-state index in [0.29, 0.717) is 5.78 Å². The van der Waals surface area contributed by atoms with Gasteiger partial charge in [-0.25, -0.2) is 0 Å². The zero-order valence-corrected chi connectivity index (χ0v) is 10.8. The Bertz CT molecular complexity index is 394. The maximum Gasteiger partial charge on any atom is 0.180 e. The molecule has 0 N–H and O–H groups in total. The quantitative estimate of drug-likeness (QED) is 0.742. The predicted octanol–water partition coefficient (Wildman–Crippen LogP) is 3.05. The highest BCUT2D eigenvalue weighted by atomic mass is 16.1. The zero-order valence-electron chi connectivity index (χ0n) is 10.8. The van der Waals surface area contributed by atoms with Gasteiger partial charge in [0.1, 0.15) is 0 Å². The van der Waals surface area contributed by atoms with Gasteiger partial charge in [0.25, 0.3) is 0 Å². The van der Waals surface area contributed by atoms with E-state index in [1.807, 2.05) is 31.2 Å². The van der Waals surface area contributed by atoms with Crippen LogP contribution in [0.25, 0.3) is 0 Å². The average molecular weight is 231 g/mol. The Labute approximate surface area is 104 Å². The van der Waals surface area contributed by atoms with E-state index >= 15 is 0 Å². The number of carbonyl (C=O) groups excluding carboxylic acids is 1. The van der Waals surface area contributed by atoms with Gasteiger partial charge < -0.3 is 0 Å². The Hall–Kier alpha value is -1.15. The molecule has 0 spiro atoms. The lowest BCUT2D eigenvalue weighted by molar-refractivity contribution is 0.0843. The van der Waals surface area contributed by atoms with E-state index in [2.05, 4.69) is 11.8 Å². The summed E-state index contributed by atoms with van der Waals surface area (Å²) in [5.41, 5.74) is 1.99. The van der Waals surface area contributed by atoms with Crippen LogP contribution in [-0.2, 0) is 0 Å². The number of hydrogen-bond donors (Lipinski definition) is 0. The van der Waals surface area contributed by atoms with Crippen molar-refractivity contribution in [2.45, 2.75) is 39.2 Å². The first-order valence-electron chi connectivity index (χ1n) is 6.58. The molecule has 92 valence electrons. The van der Waals surface area contributed by atoms with Crippen LogP contribution in [-0.4, -0.2) is 29.8 Å². The van der Waals surface area contributed by atoms with E-state index in [1.165, 1.54) is 12.8 Å². The fourth-order valence-electron chi connectivity index (χ4n) is 2.69. The molecule has 2 heteroatoms. The highest BCUT2D eigenvalue weighted by molar-refractivity contribution is 6.01. The van der Waals surface area contributed by atoms with Gasteiger partial charge in [0.15, 0.2) is 5.78 Å². The molecule has 0 bridgehead atoms. The summed E-state index contributed by atoms with van der Waals surface area (Å²) in [5, 5.41) is 0. The van der Waals surface area contributed by atoms with Gasteiger partial charge in [-0.2, -0.15) is 0 Å². The third-order valence-corrected chi connectivity index (χ3v) is 3.68. The molecule has 17 heavy (non-hydrogen) atoms. The molecular weight excluding hydrogens is 210 g/mol. The van der Waals surface area contributed by atoms with E-state index < -0.39 is 0 Å². The molecule has 2 rings (SSSR count).